The Kier molecular flexibility index (Phi) is 5.71. The third kappa shape index (κ3) is 4.36. The molecule has 0 saturated carbocycles. The molecule has 0 aliphatic heterocycles. The summed E-state index contributed by atoms with van der Waals surface area (Å²) >= 11 is 0. The van der Waals surface area contributed by atoms with Crippen molar-refractivity contribution in [2.24, 2.45) is 0 Å². The molecule has 3 N–H and O–H groups in total. The number of hydrogen-bond donors (Lipinski definition) is 3. The number of nitrogens with zero attached hydrogens (tertiary/aromatic N) is 1. The molecular weight excluding hydrogens is 360 g/mol. The van der Waals surface area contributed by atoms with Gasteiger partial charge in [0.1, 0.15) is 6.61 Å². The number of benzene rings is 2. The minimum atomic E-state index is -0.277. The van der Waals surface area contributed by atoms with Crippen molar-refractivity contribution in [1.82, 2.24) is 9.55 Å². The molecule has 0 saturated heterocycles. The summed E-state index contributed by atoms with van der Waals surface area (Å²) in [6.45, 7) is 1.79. The lowest BCUT2D eigenvalue weighted by atomic mass is 10.2. The maximum atomic E-state index is 12.4. The van der Waals surface area contributed by atoms with Gasteiger partial charge in [-0.15, -0.1) is 0 Å². The van der Waals surface area contributed by atoms with Gasteiger partial charge in [-0.2, -0.15) is 0 Å². The fourth-order valence-corrected chi connectivity index (χ4v) is 2.71. The van der Waals surface area contributed by atoms with E-state index in [-0.39, 0.29) is 24.1 Å². The first-order chi connectivity index (χ1) is 13.5. The van der Waals surface area contributed by atoms with Crippen LogP contribution in [0.25, 0.3) is 5.69 Å². The average molecular weight is 380 g/mol. The summed E-state index contributed by atoms with van der Waals surface area (Å²) in [6, 6.07) is 13.5. The Bertz CT molecular complexity index is 1030. The Hall–Kier alpha value is -3.65. The summed E-state index contributed by atoms with van der Waals surface area (Å²) < 4.78 is 6.28. The summed E-state index contributed by atoms with van der Waals surface area (Å²) in [5, 5.41) is 5.47. The van der Waals surface area contributed by atoms with E-state index in [1.807, 2.05) is 6.92 Å². The predicted molar refractivity (Wildman–Crippen MR) is 106 cm³/mol. The van der Waals surface area contributed by atoms with Crippen LogP contribution in [-0.4, -0.2) is 35.1 Å². The lowest BCUT2D eigenvalue weighted by Gasteiger charge is -2.09. The molecule has 2 aromatic carbocycles. The number of hydrogen-bond acceptors (Lipinski definition) is 4. The number of methoxy groups -OCH3 is 1. The highest BCUT2D eigenvalue weighted by Crippen LogP contribution is 2.16. The highest BCUT2D eigenvalue weighted by molar-refractivity contribution is 6.04. The molecule has 0 aliphatic rings. The zero-order valence-electron chi connectivity index (χ0n) is 15.5. The van der Waals surface area contributed by atoms with Crippen LogP contribution < -0.4 is 16.3 Å². The van der Waals surface area contributed by atoms with Crippen LogP contribution >= 0.6 is 0 Å². The van der Waals surface area contributed by atoms with E-state index in [0.717, 1.165) is 5.69 Å². The van der Waals surface area contributed by atoms with Gasteiger partial charge in [-0.3, -0.25) is 14.2 Å². The molecule has 28 heavy (non-hydrogen) atoms. The van der Waals surface area contributed by atoms with E-state index < -0.39 is 0 Å². The second kappa shape index (κ2) is 8.36. The van der Waals surface area contributed by atoms with Gasteiger partial charge >= 0.3 is 5.69 Å². The van der Waals surface area contributed by atoms with Crippen LogP contribution in [0.15, 0.2) is 59.5 Å². The maximum Gasteiger partial charge on any atom is 0.330 e. The molecule has 2 amide bonds. The van der Waals surface area contributed by atoms with Crippen LogP contribution in [0.5, 0.6) is 0 Å². The van der Waals surface area contributed by atoms with Gasteiger partial charge in [-0.1, -0.05) is 0 Å². The molecule has 1 heterocycles. The number of imidazole rings is 1. The van der Waals surface area contributed by atoms with Crippen molar-refractivity contribution in [3.8, 4) is 5.69 Å². The van der Waals surface area contributed by atoms with Crippen molar-refractivity contribution >= 4 is 23.2 Å². The number of aryl methyl sites for hydroxylation is 1. The van der Waals surface area contributed by atoms with Gasteiger partial charge in [0.05, 0.1) is 5.69 Å². The molecule has 1 aromatic heterocycles. The maximum absolute atomic E-state index is 12.4. The summed E-state index contributed by atoms with van der Waals surface area (Å²) in [5.41, 5.74) is 2.89. The Morgan fingerprint density at radius 1 is 1.00 bits per heavy atom. The van der Waals surface area contributed by atoms with Gasteiger partial charge < -0.3 is 20.4 Å². The Morgan fingerprint density at radius 2 is 1.61 bits per heavy atom. The van der Waals surface area contributed by atoms with Crippen molar-refractivity contribution < 1.29 is 14.3 Å². The Labute approximate surface area is 161 Å². The first-order valence-corrected chi connectivity index (χ1v) is 8.55. The van der Waals surface area contributed by atoms with Crippen LogP contribution in [0.4, 0.5) is 11.4 Å². The van der Waals surface area contributed by atoms with Crippen LogP contribution in [0, 0.1) is 6.92 Å². The number of carbonyl (C=O) groups is 2. The van der Waals surface area contributed by atoms with E-state index in [4.69, 9.17) is 4.74 Å². The summed E-state index contributed by atoms with van der Waals surface area (Å²) in [4.78, 5) is 38.4. The summed E-state index contributed by atoms with van der Waals surface area (Å²) in [5.74, 6) is -0.531. The fourth-order valence-electron chi connectivity index (χ4n) is 2.71. The number of ether oxygens (including phenoxy) is 1. The zero-order chi connectivity index (χ0) is 20.1. The van der Waals surface area contributed by atoms with Crippen molar-refractivity contribution in [2.45, 2.75) is 6.92 Å². The number of nitrogens with one attached hydrogen (secondary N) is 3. The molecule has 0 fully saturated rings. The minimum Gasteiger partial charge on any atom is -0.375 e. The second-order valence-corrected chi connectivity index (χ2v) is 6.13. The number of aromatic nitrogens is 2. The van der Waals surface area contributed by atoms with Crippen molar-refractivity contribution in [1.29, 1.82) is 0 Å². The van der Waals surface area contributed by atoms with Gasteiger partial charge in [0.15, 0.2) is 0 Å². The fraction of sp³-hybridized carbons (Fsp3) is 0.150. The molecular formula is C20H20N4O4. The molecule has 0 aliphatic carbocycles. The van der Waals surface area contributed by atoms with Gasteiger partial charge in [-0.25, -0.2) is 4.79 Å². The number of carbonyl (C=O) groups excluding carboxylic acids is 2. The predicted octanol–water partition coefficient (Wildman–Crippen LogP) is 2.31. The standard InChI is InChI=1S/C20H20N4O4/c1-13-11-21-20(27)24(13)17-9-3-14(4-10-17)19(26)23-16-7-5-15(6-8-16)22-18(25)12-28-2/h3-11H,12H2,1-2H3,(H,21,27)(H,22,25)(H,23,26). The smallest absolute Gasteiger partial charge is 0.330 e. The number of anilines is 2. The molecule has 0 spiro atoms. The van der Waals surface area contributed by atoms with Crippen LogP contribution in [-0.2, 0) is 9.53 Å². The molecule has 0 atom stereocenters. The zero-order valence-corrected chi connectivity index (χ0v) is 15.5. The highest BCUT2D eigenvalue weighted by Gasteiger charge is 2.09. The van der Waals surface area contributed by atoms with E-state index in [9.17, 15) is 14.4 Å². The Morgan fingerprint density at radius 3 is 2.14 bits per heavy atom. The van der Waals surface area contributed by atoms with E-state index in [2.05, 4.69) is 15.6 Å². The average Bonchev–Trinajstić information content (AvgIpc) is 3.02. The molecule has 0 bridgehead atoms. The SMILES string of the molecule is COCC(=O)Nc1ccc(NC(=O)c2ccc(-n3c(C)c[nH]c3=O)cc2)cc1. The minimum absolute atomic E-state index is 0.0249. The number of amides is 2. The van der Waals surface area contributed by atoms with Crippen molar-refractivity contribution in [3.05, 3.63) is 76.5 Å². The quantitative estimate of drug-likeness (QED) is 0.610. The summed E-state index contributed by atoms with van der Waals surface area (Å²) in [7, 11) is 1.45. The Balaban J connectivity index is 1.66. The molecule has 144 valence electrons. The lowest BCUT2D eigenvalue weighted by molar-refractivity contribution is -0.119. The number of aromatic amines is 1. The van der Waals surface area contributed by atoms with Gasteiger partial charge in [-0.05, 0) is 55.5 Å². The third-order valence-electron chi connectivity index (χ3n) is 4.05. The molecule has 3 rings (SSSR count). The van der Waals surface area contributed by atoms with Crippen LogP contribution in [0.1, 0.15) is 16.1 Å². The monoisotopic (exact) mass is 380 g/mol. The van der Waals surface area contributed by atoms with E-state index in [1.54, 1.807) is 54.7 Å². The van der Waals surface area contributed by atoms with Gasteiger partial charge in [0.2, 0.25) is 5.91 Å². The summed E-state index contributed by atoms with van der Waals surface area (Å²) in [6.07, 6.45) is 1.63. The first kappa shape index (κ1) is 19.1. The molecule has 0 radical (unpaired) electrons. The van der Waals surface area contributed by atoms with Crippen LogP contribution in [0.3, 0.4) is 0 Å². The topological polar surface area (TPSA) is 105 Å². The van der Waals surface area contributed by atoms with Crippen molar-refractivity contribution in [2.75, 3.05) is 24.4 Å². The molecule has 0 unspecified atom stereocenters. The normalized spacial score (nSPS) is 10.5. The molecule has 3 aromatic rings. The number of H-pyrrole nitrogens is 1. The first-order valence-electron chi connectivity index (χ1n) is 8.55. The van der Waals surface area contributed by atoms with E-state index >= 15 is 0 Å². The highest BCUT2D eigenvalue weighted by atomic mass is 16.5. The van der Waals surface area contributed by atoms with Crippen molar-refractivity contribution in [3.63, 3.8) is 0 Å². The van der Waals surface area contributed by atoms with Crippen LogP contribution in [0.2, 0.25) is 0 Å². The van der Waals surface area contributed by atoms with E-state index in [0.29, 0.717) is 22.6 Å². The van der Waals surface area contributed by atoms with E-state index in [1.165, 1.54) is 11.7 Å². The van der Waals surface area contributed by atoms with Gasteiger partial charge in [0.25, 0.3) is 5.91 Å². The van der Waals surface area contributed by atoms with Gasteiger partial charge in [0, 0.05) is 35.9 Å². The second-order valence-electron chi connectivity index (χ2n) is 6.13. The molecule has 8 nitrogen and oxygen atoms in total. The largest absolute Gasteiger partial charge is 0.375 e. The lowest BCUT2D eigenvalue weighted by Crippen LogP contribution is -2.17. The number of rotatable bonds is 6. The third-order valence-corrected chi connectivity index (χ3v) is 4.05. The molecule has 8 heteroatoms.